The molecule has 0 bridgehead atoms. The highest BCUT2D eigenvalue weighted by Crippen LogP contribution is 2.38. The van der Waals surface area contributed by atoms with E-state index in [0.717, 1.165) is 24.3 Å². The van der Waals surface area contributed by atoms with Gasteiger partial charge in [0.15, 0.2) is 0 Å². The zero-order chi connectivity index (χ0) is 13.2. The van der Waals surface area contributed by atoms with Crippen LogP contribution in [0.15, 0.2) is 48.5 Å². The molecule has 1 aliphatic carbocycles. The molecule has 3 rings (SSSR count). The molecule has 3 heteroatoms. The largest absolute Gasteiger partial charge is 0.457 e. The lowest BCUT2D eigenvalue weighted by atomic mass is 9.78. The molecule has 0 saturated heterocycles. The number of benzene rings is 2. The molecule has 0 spiro atoms. The molecule has 0 atom stereocenters. The van der Waals surface area contributed by atoms with Gasteiger partial charge < -0.3 is 9.84 Å². The molecule has 0 radical (unpaired) electrons. The van der Waals surface area contributed by atoms with Gasteiger partial charge in [-0.05, 0) is 60.7 Å². The van der Waals surface area contributed by atoms with Gasteiger partial charge in [-0.3, -0.25) is 0 Å². The summed E-state index contributed by atoms with van der Waals surface area (Å²) in [4.78, 5) is 0. The van der Waals surface area contributed by atoms with Gasteiger partial charge in [0.05, 0.1) is 6.10 Å². The zero-order valence-electron chi connectivity index (χ0n) is 10.4. The Morgan fingerprint density at radius 1 is 1.00 bits per heavy atom. The SMILES string of the molecule is OC1CC(c2cccc(Oc3ccc(Cl)cc3)c2)C1. The van der Waals surface area contributed by atoms with Crippen LogP contribution in [0.2, 0.25) is 5.02 Å². The van der Waals surface area contributed by atoms with E-state index in [9.17, 15) is 5.11 Å². The van der Waals surface area contributed by atoms with E-state index in [1.165, 1.54) is 5.56 Å². The molecule has 0 heterocycles. The van der Waals surface area contributed by atoms with Crippen molar-refractivity contribution < 1.29 is 9.84 Å². The van der Waals surface area contributed by atoms with Crippen LogP contribution in [0.5, 0.6) is 11.5 Å². The van der Waals surface area contributed by atoms with Crippen LogP contribution in [0.4, 0.5) is 0 Å². The van der Waals surface area contributed by atoms with Crippen molar-refractivity contribution in [1.82, 2.24) is 0 Å². The summed E-state index contributed by atoms with van der Waals surface area (Å²) < 4.78 is 5.80. The van der Waals surface area contributed by atoms with Gasteiger partial charge in [0.2, 0.25) is 0 Å². The normalized spacial score (nSPS) is 21.8. The number of aliphatic hydroxyl groups is 1. The van der Waals surface area contributed by atoms with Crippen molar-refractivity contribution in [3.63, 3.8) is 0 Å². The first kappa shape index (κ1) is 12.5. The van der Waals surface area contributed by atoms with Crippen LogP contribution in [0.1, 0.15) is 24.3 Å². The minimum Gasteiger partial charge on any atom is -0.457 e. The summed E-state index contributed by atoms with van der Waals surface area (Å²) in [6.07, 6.45) is 1.57. The summed E-state index contributed by atoms with van der Waals surface area (Å²) in [5.41, 5.74) is 1.23. The van der Waals surface area contributed by atoms with Gasteiger partial charge in [0, 0.05) is 5.02 Å². The van der Waals surface area contributed by atoms with Gasteiger partial charge in [-0.2, -0.15) is 0 Å². The van der Waals surface area contributed by atoms with E-state index in [1.807, 2.05) is 42.5 Å². The fourth-order valence-electron chi connectivity index (χ4n) is 2.33. The summed E-state index contributed by atoms with van der Waals surface area (Å²) >= 11 is 5.84. The number of hydrogen-bond acceptors (Lipinski definition) is 2. The Hall–Kier alpha value is -1.51. The van der Waals surface area contributed by atoms with Crippen molar-refractivity contribution in [1.29, 1.82) is 0 Å². The molecule has 2 nitrogen and oxygen atoms in total. The van der Waals surface area contributed by atoms with Crippen LogP contribution in [0, 0.1) is 0 Å². The quantitative estimate of drug-likeness (QED) is 0.900. The van der Waals surface area contributed by atoms with Crippen molar-refractivity contribution in [3.05, 3.63) is 59.1 Å². The number of ether oxygens (including phenoxy) is 1. The van der Waals surface area contributed by atoms with Gasteiger partial charge >= 0.3 is 0 Å². The van der Waals surface area contributed by atoms with E-state index in [1.54, 1.807) is 0 Å². The van der Waals surface area contributed by atoms with Crippen LogP contribution < -0.4 is 4.74 Å². The first-order valence-corrected chi connectivity index (χ1v) is 6.80. The van der Waals surface area contributed by atoms with Gasteiger partial charge in [-0.15, -0.1) is 0 Å². The predicted molar refractivity (Wildman–Crippen MR) is 75.9 cm³/mol. The van der Waals surface area contributed by atoms with Gasteiger partial charge in [-0.25, -0.2) is 0 Å². The maximum Gasteiger partial charge on any atom is 0.127 e. The third kappa shape index (κ3) is 2.91. The van der Waals surface area contributed by atoms with E-state index in [0.29, 0.717) is 10.9 Å². The topological polar surface area (TPSA) is 29.5 Å². The standard InChI is InChI=1S/C16H15ClO2/c17-13-4-6-15(7-5-13)19-16-3-1-2-11(10-16)12-8-14(18)9-12/h1-7,10,12,14,18H,8-9H2. The van der Waals surface area contributed by atoms with Crippen LogP contribution in [0.3, 0.4) is 0 Å². The molecule has 2 aromatic rings. The van der Waals surface area contributed by atoms with Crippen molar-refractivity contribution in [2.45, 2.75) is 24.9 Å². The lowest BCUT2D eigenvalue weighted by molar-refractivity contribution is 0.0746. The third-order valence-corrected chi connectivity index (χ3v) is 3.74. The molecule has 0 unspecified atom stereocenters. The van der Waals surface area contributed by atoms with Gasteiger partial charge in [0.25, 0.3) is 0 Å². The maximum atomic E-state index is 9.37. The molecule has 1 saturated carbocycles. The first-order valence-electron chi connectivity index (χ1n) is 6.42. The lowest BCUT2D eigenvalue weighted by Gasteiger charge is -2.31. The fraction of sp³-hybridized carbons (Fsp3) is 0.250. The van der Waals surface area contributed by atoms with Crippen molar-refractivity contribution in [2.75, 3.05) is 0 Å². The monoisotopic (exact) mass is 274 g/mol. The second-order valence-corrected chi connectivity index (χ2v) is 5.39. The molecular formula is C16H15ClO2. The Kier molecular flexibility index (Phi) is 3.45. The molecule has 0 aliphatic heterocycles. The number of halogens is 1. The summed E-state index contributed by atoms with van der Waals surface area (Å²) in [6.45, 7) is 0. The van der Waals surface area contributed by atoms with Crippen molar-refractivity contribution in [3.8, 4) is 11.5 Å². The zero-order valence-corrected chi connectivity index (χ0v) is 11.2. The second-order valence-electron chi connectivity index (χ2n) is 4.95. The molecule has 98 valence electrons. The maximum absolute atomic E-state index is 9.37. The Balaban J connectivity index is 1.74. The molecule has 1 fully saturated rings. The van der Waals surface area contributed by atoms with Crippen LogP contribution >= 0.6 is 11.6 Å². The predicted octanol–water partition coefficient (Wildman–Crippen LogP) is 4.37. The van der Waals surface area contributed by atoms with Crippen LogP contribution in [-0.2, 0) is 0 Å². The average molecular weight is 275 g/mol. The van der Waals surface area contributed by atoms with Crippen molar-refractivity contribution in [2.24, 2.45) is 0 Å². The highest BCUT2D eigenvalue weighted by molar-refractivity contribution is 6.30. The van der Waals surface area contributed by atoms with E-state index in [-0.39, 0.29) is 6.10 Å². The molecule has 2 aromatic carbocycles. The van der Waals surface area contributed by atoms with E-state index in [4.69, 9.17) is 16.3 Å². The fourth-order valence-corrected chi connectivity index (χ4v) is 2.46. The second kappa shape index (κ2) is 5.24. The Morgan fingerprint density at radius 2 is 1.74 bits per heavy atom. The average Bonchev–Trinajstić information content (AvgIpc) is 2.38. The van der Waals surface area contributed by atoms with Crippen LogP contribution in [0.25, 0.3) is 0 Å². The highest BCUT2D eigenvalue weighted by atomic mass is 35.5. The van der Waals surface area contributed by atoms with Gasteiger partial charge in [0.1, 0.15) is 11.5 Å². The van der Waals surface area contributed by atoms with E-state index < -0.39 is 0 Å². The number of rotatable bonds is 3. The number of aliphatic hydroxyl groups excluding tert-OH is 1. The third-order valence-electron chi connectivity index (χ3n) is 3.49. The van der Waals surface area contributed by atoms with E-state index >= 15 is 0 Å². The molecular weight excluding hydrogens is 260 g/mol. The molecule has 0 amide bonds. The minimum absolute atomic E-state index is 0.133. The lowest BCUT2D eigenvalue weighted by Crippen LogP contribution is -2.26. The Bertz CT molecular complexity index is 559. The number of hydrogen-bond donors (Lipinski definition) is 1. The molecule has 1 N–H and O–H groups in total. The highest BCUT2D eigenvalue weighted by Gasteiger charge is 2.28. The van der Waals surface area contributed by atoms with Gasteiger partial charge in [-0.1, -0.05) is 23.7 Å². The summed E-state index contributed by atoms with van der Waals surface area (Å²) in [7, 11) is 0. The smallest absolute Gasteiger partial charge is 0.127 e. The van der Waals surface area contributed by atoms with Crippen molar-refractivity contribution >= 4 is 11.6 Å². The molecule has 19 heavy (non-hydrogen) atoms. The Labute approximate surface area is 117 Å². The minimum atomic E-state index is -0.133. The first-order chi connectivity index (χ1) is 9.20. The summed E-state index contributed by atoms with van der Waals surface area (Å²) in [6, 6.07) is 15.4. The van der Waals surface area contributed by atoms with Crippen LogP contribution in [-0.4, -0.2) is 11.2 Å². The molecule has 1 aliphatic rings. The summed E-state index contributed by atoms with van der Waals surface area (Å²) in [5.74, 6) is 2.06. The van der Waals surface area contributed by atoms with E-state index in [2.05, 4.69) is 6.07 Å². The Morgan fingerprint density at radius 3 is 2.42 bits per heavy atom. The molecule has 0 aromatic heterocycles. The summed E-state index contributed by atoms with van der Waals surface area (Å²) in [5, 5.41) is 10.1.